The van der Waals surface area contributed by atoms with E-state index in [-0.39, 0.29) is 24.5 Å². The molecule has 0 aliphatic heterocycles. The minimum Gasteiger partial charge on any atom is -0.466 e. The normalized spacial score (nSPS) is 20.6. The Kier molecular flexibility index (Phi) is 8.46. The summed E-state index contributed by atoms with van der Waals surface area (Å²) in [5, 5.41) is 2.73. The van der Waals surface area contributed by atoms with Crippen molar-refractivity contribution in [2.75, 3.05) is 6.61 Å². The van der Waals surface area contributed by atoms with Crippen LogP contribution in [0.3, 0.4) is 0 Å². The van der Waals surface area contributed by atoms with Crippen molar-refractivity contribution in [2.24, 2.45) is 5.92 Å². The van der Waals surface area contributed by atoms with Gasteiger partial charge in [-0.3, -0.25) is 8.98 Å². The summed E-state index contributed by atoms with van der Waals surface area (Å²) in [7, 11) is -3.98. The zero-order chi connectivity index (χ0) is 23.8. The van der Waals surface area contributed by atoms with Gasteiger partial charge in [-0.1, -0.05) is 48.0 Å². The lowest BCUT2D eigenvalue weighted by molar-refractivity contribution is -0.151. The maximum atomic E-state index is 12.7. The number of amides is 1. The molecule has 178 valence electrons. The zero-order valence-electron chi connectivity index (χ0n) is 18.7. The van der Waals surface area contributed by atoms with Crippen molar-refractivity contribution >= 4 is 22.2 Å². The van der Waals surface area contributed by atoms with Gasteiger partial charge >= 0.3 is 12.1 Å². The highest BCUT2D eigenvalue weighted by atomic mass is 32.2. The number of benzene rings is 2. The van der Waals surface area contributed by atoms with E-state index < -0.39 is 40.2 Å². The summed E-state index contributed by atoms with van der Waals surface area (Å²) < 4.78 is 41.2. The largest absolute Gasteiger partial charge is 0.466 e. The fourth-order valence-electron chi connectivity index (χ4n) is 3.76. The monoisotopic (exact) mass is 475 g/mol. The fourth-order valence-corrected chi connectivity index (χ4v) is 4.87. The number of hydrogen-bond donors (Lipinski definition) is 1. The molecule has 1 aliphatic carbocycles. The van der Waals surface area contributed by atoms with Crippen molar-refractivity contribution in [3.8, 4) is 0 Å². The Balaban J connectivity index is 1.63. The quantitative estimate of drug-likeness (QED) is 0.458. The Labute approximate surface area is 194 Å². The number of ether oxygens (including phenoxy) is 2. The van der Waals surface area contributed by atoms with Crippen LogP contribution in [0.25, 0.3) is 0 Å². The van der Waals surface area contributed by atoms with Crippen molar-refractivity contribution in [1.82, 2.24) is 5.32 Å². The van der Waals surface area contributed by atoms with E-state index in [9.17, 15) is 18.0 Å². The van der Waals surface area contributed by atoms with Crippen LogP contribution in [0.2, 0.25) is 0 Å². The van der Waals surface area contributed by atoms with Crippen LogP contribution in [-0.2, 0) is 35.2 Å². The van der Waals surface area contributed by atoms with Crippen molar-refractivity contribution < 1.29 is 31.7 Å². The van der Waals surface area contributed by atoms with Crippen LogP contribution < -0.4 is 5.32 Å². The van der Waals surface area contributed by atoms with Crippen LogP contribution in [0.5, 0.6) is 0 Å². The third-order valence-corrected chi connectivity index (χ3v) is 6.85. The van der Waals surface area contributed by atoms with Gasteiger partial charge in [-0.15, -0.1) is 0 Å². The first-order valence-electron chi connectivity index (χ1n) is 10.9. The van der Waals surface area contributed by atoms with Crippen molar-refractivity contribution in [3.05, 3.63) is 65.7 Å². The molecule has 0 spiro atoms. The highest BCUT2D eigenvalue weighted by Gasteiger charge is 2.39. The van der Waals surface area contributed by atoms with Crippen LogP contribution in [0.1, 0.15) is 37.3 Å². The maximum absolute atomic E-state index is 12.7. The lowest BCUT2D eigenvalue weighted by Gasteiger charge is -2.34. The molecule has 3 rings (SSSR count). The Morgan fingerprint density at radius 1 is 1.00 bits per heavy atom. The average molecular weight is 476 g/mol. The van der Waals surface area contributed by atoms with Gasteiger partial charge in [-0.2, -0.15) is 8.42 Å². The van der Waals surface area contributed by atoms with Gasteiger partial charge in [0.1, 0.15) is 6.61 Å². The summed E-state index contributed by atoms with van der Waals surface area (Å²) in [5.41, 5.74) is 1.77. The van der Waals surface area contributed by atoms with Crippen molar-refractivity contribution in [3.63, 3.8) is 0 Å². The molecule has 8 nitrogen and oxygen atoms in total. The van der Waals surface area contributed by atoms with Gasteiger partial charge in [-0.05, 0) is 50.8 Å². The molecule has 1 amide bonds. The van der Waals surface area contributed by atoms with Crippen LogP contribution in [-0.4, -0.2) is 39.2 Å². The molecule has 0 saturated heterocycles. The zero-order valence-corrected chi connectivity index (χ0v) is 19.5. The van der Waals surface area contributed by atoms with Gasteiger partial charge in [-0.25, -0.2) is 4.79 Å². The van der Waals surface area contributed by atoms with E-state index in [0.29, 0.717) is 12.8 Å². The lowest BCUT2D eigenvalue weighted by Crippen LogP contribution is -2.49. The molecule has 1 fully saturated rings. The van der Waals surface area contributed by atoms with Gasteiger partial charge in [0.25, 0.3) is 10.1 Å². The summed E-state index contributed by atoms with van der Waals surface area (Å²) >= 11 is 0. The Morgan fingerprint density at radius 3 is 2.36 bits per heavy atom. The molecule has 9 heteroatoms. The van der Waals surface area contributed by atoms with Gasteiger partial charge in [0.2, 0.25) is 0 Å². The van der Waals surface area contributed by atoms with Crippen LogP contribution in [0.15, 0.2) is 59.5 Å². The highest BCUT2D eigenvalue weighted by molar-refractivity contribution is 7.86. The van der Waals surface area contributed by atoms with Gasteiger partial charge in [0.15, 0.2) is 0 Å². The number of carbonyl (C=O) groups is 2. The highest BCUT2D eigenvalue weighted by Crippen LogP contribution is 2.30. The first-order valence-corrected chi connectivity index (χ1v) is 12.3. The fraction of sp³-hybridized carbons (Fsp3) is 0.417. The van der Waals surface area contributed by atoms with E-state index in [1.54, 1.807) is 19.1 Å². The predicted octanol–water partition coefficient (Wildman–Crippen LogP) is 3.73. The SMILES string of the molecule is CCOC(=O)[C@@H]1C[C@H](OS(=O)(=O)c2ccc(C)cc2)CC[C@@H]1NC(=O)OCc1ccccc1. The minimum absolute atomic E-state index is 0.0607. The smallest absolute Gasteiger partial charge is 0.407 e. The third-order valence-electron chi connectivity index (χ3n) is 5.48. The molecule has 0 bridgehead atoms. The average Bonchev–Trinajstić information content (AvgIpc) is 2.79. The number of aryl methyl sites for hydroxylation is 1. The van der Waals surface area contributed by atoms with E-state index in [0.717, 1.165) is 11.1 Å². The first kappa shape index (κ1) is 24.7. The summed E-state index contributed by atoms with van der Waals surface area (Å²) in [6.45, 7) is 3.82. The number of hydrogen-bond acceptors (Lipinski definition) is 7. The second-order valence-corrected chi connectivity index (χ2v) is 9.54. The standard InChI is InChI=1S/C24H29NO7S/c1-3-30-23(26)21-15-19(32-33(28,29)20-12-9-17(2)10-13-20)11-14-22(21)25-24(27)31-16-18-7-5-4-6-8-18/h4-10,12-13,19,21-22H,3,11,14-16H2,1-2H3,(H,25,27)/t19-,21-,22+/m1/s1. The van der Waals surface area contributed by atoms with E-state index in [4.69, 9.17) is 13.7 Å². The number of rotatable bonds is 8. The molecule has 0 heterocycles. The summed E-state index contributed by atoms with van der Waals surface area (Å²) in [6.07, 6.45) is -0.551. The predicted molar refractivity (Wildman–Crippen MR) is 121 cm³/mol. The third kappa shape index (κ3) is 7.03. The van der Waals surface area contributed by atoms with Gasteiger partial charge in [0, 0.05) is 6.04 Å². The second-order valence-electron chi connectivity index (χ2n) is 7.97. The van der Waals surface area contributed by atoms with Crippen LogP contribution >= 0.6 is 0 Å². The van der Waals surface area contributed by atoms with E-state index >= 15 is 0 Å². The molecular weight excluding hydrogens is 446 g/mol. The molecule has 3 atom stereocenters. The molecular formula is C24H29NO7S. The second kappa shape index (κ2) is 11.3. The van der Waals surface area contributed by atoms with Gasteiger partial charge in [0.05, 0.1) is 23.5 Å². The molecule has 0 radical (unpaired) electrons. The molecule has 1 aliphatic rings. The summed E-state index contributed by atoms with van der Waals surface area (Å²) in [5.74, 6) is -1.26. The van der Waals surface area contributed by atoms with Crippen molar-refractivity contribution in [2.45, 2.75) is 56.8 Å². The molecule has 1 saturated carbocycles. The van der Waals surface area contributed by atoms with Crippen molar-refractivity contribution in [1.29, 1.82) is 0 Å². The molecule has 0 aromatic heterocycles. The Morgan fingerprint density at radius 2 is 1.70 bits per heavy atom. The first-order chi connectivity index (χ1) is 15.8. The number of esters is 1. The summed E-state index contributed by atoms with van der Waals surface area (Å²) in [6, 6.07) is 15.1. The molecule has 2 aromatic carbocycles. The van der Waals surface area contributed by atoms with E-state index in [1.165, 1.54) is 12.1 Å². The number of alkyl carbamates (subject to hydrolysis) is 1. The Hall–Kier alpha value is -2.91. The summed E-state index contributed by atoms with van der Waals surface area (Å²) in [4.78, 5) is 25.0. The van der Waals surface area contributed by atoms with Crippen LogP contribution in [0, 0.1) is 12.8 Å². The molecule has 0 unspecified atom stereocenters. The van der Waals surface area contributed by atoms with E-state index in [1.807, 2.05) is 37.3 Å². The van der Waals surface area contributed by atoms with E-state index in [2.05, 4.69) is 5.32 Å². The Bertz CT molecular complexity index is 1040. The molecule has 2 aromatic rings. The van der Waals surface area contributed by atoms with Gasteiger partial charge < -0.3 is 14.8 Å². The minimum atomic E-state index is -3.98. The molecule has 33 heavy (non-hydrogen) atoms. The lowest BCUT2D eigenvalue weighted by atomic mass is 9.83. The number of carbonyl (C=O) groups excluding carboxylic acids is 2. The van der Waals surface area contributed by atoms with Crippen LogP contribution in [0.4, 0.5) is 4.79 Å². The maximum Gasteiger partial charge on any atom is 0.407 e. The number of nitrogens with one attached hydrogen (secondary N) is 1. The topological polar surface area (TPSA) is 108 Å². The molecule has 1 N–H and O–H groups in total.